The second kappa shape index (κ2) is 11.1. The van der Waals surface area contributed by atoms with Gasteiger partial charge in [-0.15, -0.1) is 11.8 Å². The number of carbonyl (C=O) groups is 2. The molecular formula is C22H27ClN2O2S. The van der Waals surface area contributed by atoms with Gasteiger partial charge in [0, 0.05) is 27.7 Å². The summed E-state index contributed by atoms with van der Waals surface area (Å²) in [6, 6.07) is 13.1. The SMILES string of the molecule is CCCCC(=O)Nc1cccc(SC(CC)C(=O)Nc2ccc(C)c(Cl)c2)c1. The molecule has 1 unspecified atom stereocenters. The van der Waals surface area contributed by atoms with Crippen LogP contribution in [0.4, 0.5) is 11.4 Å². The maximum atomic E-state index is 12.7. The van der Waals surface area contributed by atoms with Crippen LogP contribution in [0.15, 0.2) is 47.4 Å². The van der Waals surface area contributed by atoms with Gasteiger partial charge in [0.05, 0.1) is 5.25 Å². The molecule has 2 amide bonds. The first kappa shape index (κ1) is 22.3. The van der Waals surface area contributed by atoms with E-state index in [0.717, 1.165) is 29.0 Å². The molecular weight excluding hydrogens is 392 g/mol. The predicted octanol–water partition coefficient (Wildman–Crippen LogP) is 6.29. The molecule has 2 aromatic carbocycles. The Morgan fingerprint density at radius 3 is 2.50 bits per heavy atom. The molecule has 0 saturated heterocycles. The quantitative estimate of drug-likeness (QED) is 0.470. The van der Waals surface area contributed by atoms with Crippen LogP contribution in [-0.4, -0.2) is 17.1 Å². The molecule has 0 bridgehead atoms. The summed E-state index contributed by atoms with van der Waals surface area (Å²) in [7, 11) is 0. The van der Waals surface area contributed by atoms with E-state index in [4.69, 9.17) is 11.6 Å². The molecule has 0 aliphatic carbocycles. The number of unbranched alkanes of at least 4 members (excludes halogenated alkanes) is 1. The Morgan fingerprint density at radius 2 is 1.82 bits per heavy atom. The van der Waals surface area contributed by atoms with Crippen molar-refractivity contribution < 1.29 is 9.59 Å². The summed E-state index contributed by atoms with van der Waals surface area (Å²) in [4.78, 5) is 25.6. The Labute approximate surface area is 176 Å². The molecule has 2 N–H and O–H groups in total. The number of carbonyl (C=O) groups excluding carboxylic acids is 2. The van der Waals surface area contributed by atoms with Crippen LogP contribution in [0, 0.1) is 6.92 Å². The van der Waals surface area contributed by atoms with E-state index in [2.05, 4.69) is 17.6 Å². The Balaban J connectivity index is 2.01. The van der Waals surface area contributed by atoms with Gasteiger partial charge < -0.3 is 10.6 Å². The van der Waals surface area contributed by atoms with E-state index >= 15 is 0 Å². The smallest absolute Gasteiger partial charge is 0.237 e. The van der Waals surface area contributed by atoms with E-state index in [1.165, 1.54) is 11.8 Å². The van der Waals surface area contributed by atoms with E-state index in [1.54, 1.807) is 6.07 Å². The number of anilines is 2. The van der Waals surface area contributed by atoms with Crippen LogP contribution in [0.1, 0.15) is 45.1 Å². The van der Waals surface area contributed by atoms with Crippen molar-refractivity contribution in [3.05, 3.63) is 53.1 Å². The molecule has 6 heteroatoms. The van der Waals surface area contributed by atoms with Gasteiger partial charge in [0.1, 0.15) is 0 Å². The highest BCUT2D eigenvalue weighted by atomic mass is 35.5. The van der Waals surface area contributed by atoms with E-state index in [-0.39, 0.29) is 17.1 Å². The number of thioether (sulfide) groups is 1. The molecule has 0 aliphatic heterocycles. The third-order valence-corrected chi connectivity index (χ3v) is 6.02. The van der Waals surface area contributed by atoms with Gasteiger partial charge in [-0.3, -0.25) is 9.59 Å². The fraction of sp³-hybridized carbons (Fsp3) is 0.364. The van der Waals surface area contributed by atoms with E-state index in [1.807, 2.05) is 50.2 Å². The lowest BCUT2D eigenvalue weighted by Crippen LogP contribution is -2.24. The third kappa shape index (κ3) is 6.88. The maximum absolute atomic E-state index is 12.7. The molecule has 4 nitrogen and oxygen atoms in total. The zero-order chi connectivity index (χ0) is 20.5. The monoisotopic (exact) mass is 418 g/mol. The summed E-state index contributed by atoms with van der Waals surface area (Å²) in [5, 5.41) is 6.24. The first-order valence-electron chi connectivity index (χ1n) is 9.56. The van der Waals surface area contributed by atoms with Gasteiger partial charge >= 0.3 is 0 Å². The number of halogens is 1. The Bertz CT molecular complexity index is 826. The van der Waals surface area contributed by atoms with E-state index < -0.39 is 0 Å². The van der Waals surface area contributed by atoms with Crippen LogP contribution < -0.4 is 10.6 Å². The van der Waals surface area contributed by atoms with Gasteiger partial charge in [-0.25, -0.2) is 0 Å². The molecule has 0 aromatic heterocycles. The van der Waals surface area contributed by atoms with E-state index in [0.29, 0.717) is 23.6 Å². The van der Waals surface area contributed by atoms with Crippen molar-refractivity contribution in [3.8, 4) is 0 Å². The molecule has 0 fully saturated rings. The first-order chi connectivity index (χ1) is 13.4. The minimum absolute atomic E-state index is 0.0186. The van der Waals surface area contributed by atoms with Crippen LogP contribution in [0.25, 0.3) is 0 Å². The zero-order valence-corrected chi connectivity index (χ0v) is 18.1. The van der Waals surface area contributed by atoms with Crippen LogP contribution in [0.3, 0.4) is 0 Å². The number of nitrogens with one attached hydrogen (secondary N) is 2. The second-order valence-electron chi connectivity index (χ2n) is 6.65. The minimum atomic E-state index is -0.244. The predicted molar refractivity (Wildman–Crippen MR) is 119 cm³/mol. The molecule has 2 aromatic rings. The number of aryl methyl sites for hydroxylation is 1. The van der Waals surface area contributed by atoms with Crippen LogP contribution >= 0.6 is 23.4 Å². The van der Waals surface area contributed by atoms with E-state index in [9.17, 15) is 9.59 Å². The molecule has 2 rings (SSSR count). The van der Waals surface area contributed by atoms with Gasteiger partial charge in [0.15, 0.2) is 0 Å². The normalized spacial score (nSPS) is 11.7. The molecule has 28 heavy (non-hydrogen) atoms. The van der Waals surface area contributed by atoms with Gasteiger partial charge in [-0.05, 0) is 55.7 Å². The Morgan fingerprint density at radius 1 is 1.07 bits per heavy atom. The van der Waals surface area contributed by atoms with Crippen molar-refractivity contribution in [2.45, 2.75) is 56.6 Å². The third-order valence-electron chi connectivity index (χ3n) is 4.26. The summed E-state index contributed by atoms with van der Waals surface area (Å²) in [6.07, 6.45) is 3.07. The lowest BCUT2D eigenvalue weighted by atomic mass is 10.2. The molecule has 0 aliphatic rings. The Hall–Kier alpha value is -1.98. The van der Waals surface area contributed by atoms with Crippen LogP contribution in [0.2, 0.25) is 5.02 Å². The van der Waals surface area contributed by atoms with Crippen molar-refractivity contribution in [2.75, 3.05) is 10.6 Å². The van der Waals surface area contributed by atoms with Gasteiger partial charge in [0.2, 0.25) is 11.8 Å². The number of amides is 2. The number of rotatable bonds is 9. The lowest BCUT2D eigenvalue weighted by Gasteiger charge is -2.16. The second-order valence-corrected chi connectivity index (χ2v) is 8.33. The minimum Gasteiger partial charge on any atom is -0.326 e. The van der Waals surface area contributed by atoms with Gasteiger partial charge in [-0.2, -0.15) is 0 Å². The molecule has 0 radical (unpaired) electrons. The first-order valence-corrected chi connectivity index (χ1v) is 10.8. The highest BCUT2D eigenvalue weighted by Gasteiger charge is 2.18. The number of hydrogen-bond donors (Lipinski definition) is 2. The number of benzene rings is 2. The highest BCUT2D eigenvalue weighted by molar-refractivity contribution is 8.00. The summed E-state index contributed by atoms with van der Waals surface area (Å²) < 4.78 is 0. The van der Waals surface area contributed by atoms with Crippen LogP contribution in [-0.2, 0) is 9.59 Å². The summed E-state index contributed by atoms with van der Waals surface area (Å²) >= 11 is 7.63. The topological polar surface area (TPSA) is 58.2 Å². The molecule has 0 heterocycles. The summed E-state index contributed by atoms with van der Waals surface area (Å²) in [5.41, 5.74) is 2.42. The molecule has 0 saturated carbocycles. The summed E-state index contributed by atoms with van der Waals surface area (Å²) in [5.74, 6) is -0.0464. The number of hydrogen-bond acceptors (Lipinski definition) is 3. The maximum Gasteiger partial charge on any atom is 0.237 e. The Kier molecular flexibility index (Phi) is 8.87. The van der Waals surface area contributed by atoms with Crippen molar-refractivity contribution in [3.63, 3.8) is 0 Å². The van der Waals surface area contributed by atoms with Crippen molar-refractivity contribution in [2.24, 2.45) is 0 Å². The van der Waals surface area contributed by atoms with Crippen LogP contribution in [0.5, 0.6) is 0 Å². The average molecular weight is 419 g/mol. The lowest BCUT2D eigenvalue weighted by molar-refractivity contribution is -0.116. The van der Waals surface area contributed by atoms with Crippen molar-refractivity contribution in [1.29, 1.82) is 0 Å². The fourth-order valence-electron chi connectivity index (χ4n) is 2.59. The average Bonchev–Trinajstić information content (AvgIpc) is 2.67. The fourth-order valence-corrected chi connectivity index (χ4v) is 3.78. The van der Waals surface area contributed by atoms with Crippen molar-refractivity contribution >= 4 is 46.6 Å². The largest absolute Gasteiger partial charge is 0.326 e. The van der Waals surface area contributed by atoms with Gasteiger partial charge in [-0.1, -0.05) is 44.0 Å². The standard InChI is InChI=1S/C22H27ClN2O2S/c1-4-6-10-21(26)24-16-8-7-9-18(13-16)28-20(5-2)22(27)25-17-12-11-15(3)19(23)14-17/h7-9,11-14,20H,4-6,10H2,1-3H3,(H,24,26)(H,25,27). The molecule has 150 valence electrons. The zero-order valence-electron chi connectivity index (χ0n) is 16.5. The van der Waals surface area contributed by atoms with Gasteiger partial charge in [0.25, 0.3) is 0 Å². The molecule has 1 atom stereocenters. The molecule has 0 spiro atoms. The highest BCUT2D eigenvalue weighted by Crippen LogP contribution is 2.29. The summed E-state index contributed by atoms with van der Waals surface area (Å²) in [6.45, 7) is 5.97. The van der Waals surface area contributed by atoms with Crippen molar-refractivity contribution in [1.82, 2.24) is 0 Å².